The van der Waals surface area contributed by atoms with Gasteiger partial charge in [-0.05, 0) is 71.3 Å². The molecule has 140 valence electrons. The van der Waals surface area contributed by atoms with Crippen LogP contribution in [-0.2, 0) is 21.9 Å². The van der Waals surface area contributed by atoms with Gasteiger partial charge in [0.2, 0.25) is 10.0 Å². The van der Waals surface area contributed by atoms with Crippen molar-refractivity contribution in [1.82, 2.24) is 4.90 Å². The lowest BCUT2D eigenvalue weighted by molar-refractivity contribution is 0.274. The Morgan fingerprint density at radius 2 is 2.04 bits per heavy atom. The summed E-state index contributed by atoms with van der Waals surface area (Å²) in [6.45, 7) is 5.84. The first kappa shape index (κ1) is 18.0. The monoisotopic (exact) mass is 390 g/mol. The van der Waals surface area contributed by atoms with Crippen LogP contribution < -0.4 is 4.72 Å². The van der Waals surface area contributed by atoms with Gasteiger partial charge in [0.1, 0.15) is 0 Å². The number of hydrogen-bond donors (Lipinski definition) is 1. The van der Waals surface area contributed by atoms with Gasteiger partial charge in [0.05, 0.1) is 6.26 Å². The van der Waals surface area contributed by atoms with Crippen molar-refractivity contribution in [1.29, 1.82) is 0 Å². The number of nitrogens with zero attached hydrogens (tertiary/aromatic N) is 1. The molecule has 2 fully saturated rings. The van der Waals surface area contributed by atoms with Gasteiger partial charge in [0.25, 0.3) is 0 Å². The third-order valence-electron chi connectivity index (χ3n) is 6.13. The summed E-state index contributed by atoms with van der Waals surface area (Å²) < 4.78 is 25.6. The molecule has 2 heterocycles. The Bertz CT molecular complexity index is 865. The van der Waals surface area contributed by atoms with Gasteiger partial charge in [-0.3, -0.25) is 4.72 Å². The molecule has 4 rings (SSSR count). The third kappa shape index (κ3) is 3.55. The first-order valence-corrected chi connectivity index (χ1v) is 12.0. The Kier molecular flexibility index (Phi) is 4.61. The molecular formula is C20H26N2O2S2. The minimum absolute atomic E-state index is 0.194. The van der Waals surface area contributed by atoms with E-state index in [4.69, 9.17) is 0 Å². The van der Waals surface area contributed by atoms with E-state index < -0.39 is 10.0 Å². The molecule has 1 aliphatic carbocycles. The molecule has 1 saturated carbocycles. The number of rotatable bonds is 7. The Hall–Kier alpha value is -1.37. The topological polar surface area (TPSA) is 49.4 Å². The lowest BCUT2D eigenvalue weighted by Crippen LogP contribution is -2.30. The highest BCUT2D eigenvalue weighted by Gasteiger charge is 2.65. The standard InChI is InChI=1S/C20H26N2O2S2/c1-20(16-6-3-7-17(11-16)21-26(2,23)24)18-12-22(13-19(18)20)9-4-5-15-8-10-25-14-15/h3,6-8,10-11,14,18-19,21H,4-5,9,12-13H2,1-2H3. The Morgan fingerprint density at radius 1 is 1.27 bits per heavy atom. The second-order valence-electron chi connectivity index (χ2n) is 7.95. The lowest BCUT2D eigenvalue weighted by atomic mass is 9.92. The minimum atomic E-state index is -3.23. The van der Waals surface area contributed by atoms with E-state index in [1.165, 1.54) is 36.8 Å². The van der Waals surface area contributed by atoms with Crippen LogP contribution in [0.2, 0.25) is 0 Å². The smallest absolute Gasteiger partial charge is 0.229 e. The van der Waals surface area contributed by atoms with Gasteiger partial charge in [-0.1, -0.05) is 19.1 Å². The molecule has 2 aromatic rings. The van der Waals surface area contributed by atoms with Gasteiger partial charge in [-0.2, -0.15) is 11.3 Å². The largest absolute Gasteiger partial charge is 0.303 e. The van der Waals surface area contributed by atoms with E-state index >= 15 is 0 Å². The van der Waals surface area contributed by atoms with Gasteiger partial charge in [-0.25, -0.2) is 8.42 Å². The second-order valence-corrected chi connectivity index (χ2v) is 10.5. The Morgan fingerprint density at radius 3 is 2.69 bits per heavy atom. The van der Waals surface area contributed by atoms with Crippen LogP contribution in [0.15, 0.2) is 41.1 Å². The second kappa shape index (κ2) is 6.66. The van der Waals surface area contributed by atoms with Crippen LogP contribution in [0.3, 0.4) is 0 Å². The molecule has 1 aliphatic heterocycles. The van der Waals surface area contributed by atoms with Gasteiger partial charge in [-0.15, -0.1) is 0 Å². The molecule has 1 N–H and O–H groups in total. The third-order valence-corrected chi connectivity index (χ3v) is 7.47. The van der Waals surface area contributed by atoms with Crippen molar-refractivity contribution in [3.8, 4) is 0 Å². The Balaban J connectivity index is 1.34. The van der Waals surface area contributed by atoms with E-state index in [2.05, 4.69) is 39.4 Å². The van der Waals surface area contributed by atoms with Gasteiger partial charge < -0.3 is 4.90 Å². The molecule has 1 aromatic carbocycles. The maximum atomic E-state index is 11.5. The summed E-state index contributed by atoms with van der Waals surface area (Å²) in [5, 5.41) is 4.40. The molecule has 6 heteroatoms. The van der Waals surface area contributed by atoms with Gasteiger partial charge in [0.15, 0.2) is 0 Å². The molecule has 26 heavy (non-hydrogen) atoms. The predicted octanol–water partition coefficient (Wildman–Crippen LogP) is 3.57. The summed E-state index contributed by atoms with van der Waals surface area (Å²) in [6, 6.07) is 10.2. The average molecular weight is 391 g/mol. The van der Waals surface area contributed by atoms with E-state index in [9.17, 15) is 8.42 Å². The number of sulfonamides is 1. The summed E-state index contributed by atoms with van der Waals surface area (Å²) in [6.07, 6.45) is 3.59. The van der Waals surface area contributed by atoms with Crippen LogP contribution in [0.4, 0.5) is 5.69 Å². The fourth-order valence-corrected chi connectivity index (χ4v) is 5.91. The lowest BCUT2D eigenvalue weighted by Gasteiger charge is -2.24. The van der Waals surface area contributed by atoms with Crippen molar-refractivity contribution >= 4 is 27.0 Å². The zero-order chi connectivity index (χ0) is 18.4. The molecule has 2 unspecified atom stereocenters. The van der Waals surface area contributed by atoms with Crippen molar-refractivity contribution in [3.63, 3.8) is 0 Å². The molecule has 1 saturated heterocycles. The summed E-state index contributed by atoms with van der Waals surface area (Å²) >= 11 is 1.78. The minimum Gasteiger partial charge on any atom is -0.303 e. The molecule has 0 bridgehead atoms. The molecule has 4 nitrogen and oxygen atoms in total. The predicted molar refractivity (Wildman–Crippen MR) is 108 cm³/mol. The van der Waals surface area contributed by atoms with E-state index in [1.54, 1.807) is 11.3 Å². The molecule has 0 radical (unpaired) electrons. The molecular weight excluding hydrogens is 364 g/mol. The number of aryl methyl sites for hydroxylation is 1. The number of nitrogens with one attached hydrogen (secondary N) is 1. The molecule has 1 aromatic heterocycles. The highest BCUT2D eigenvalue weighted by molar-refractivity contribution is 7.92. The van der Waals surface area contributed by atoms with E-state index in [0.717, 1.165) is 13.1 Å². The van der Waals surface area contributed by atoms with Crippen LogP contribution >= 0.6 is 11.3 Å². The summed E-state index contributed by atoms with van der Waals surface area (Å²) in [4.78, 5) is 2.60. The average Bonchev–Trinajstić information content (AvgIpc) is 3.00. The normalized spacial score (nSPS) is 28.1. The van der Waals surface area contributed by atoms with Crippen molar-refractivity contribution in [2.24, 2.45) is 11.8 Å². The van der Waals surface area contributed by atoms with E-state index in [-0.39, 0.29) is 5.41 Å². The van der Waals surface area contributed by atoms with E-state index in [1.807, 2.05) is 18.2 Å². The quantitative estimate of drug-likeness (QED) is 0.786. The number of fused-ring (bicyclic) bond motifs is 1. The summed E-state index contributed by atoms with van der Waals surface area (Å²) in [5.74, 6) is 1.38. The number of hydrogen-bond acceptors (Lipinski definition) is 4. The number of benzene rings is 1. The van der Waals surface area contributed by atoms with Crippen LogP contribution in [0, 0.1) is 11.8 Å². The van der Waals surface area contributed by atoms with Crippen molar-refractivity contribution < 1.29 is 8.42 Å². The molecule has 0 amide bonds. The van der Waals surface area contributed by atoms with Crippen LogP contribution in [0.1, 0.15) is 24.5 Å². The number of anilines is 1. The maximum absolute atomic E-state index is 11.5. The first-order chi connectivity index (χ1) is 12.4. The SMILES string of the molecule is CC1(c2cccc(NS(C)(=O)=O)c2)C2CN(CCCc3ccsc3)CC21. The number of thiophene rings is 1. The van der Waals surface area contributed by atoms with E-state index in [0.29, 0.717) is 17.5 Å². The maximum Gasteiger partial charge on any atom is 0.229 e. The number of piperidine rings is 1. The molecule has 2 aliphatic rings. The van der Waals surface area contributed by atoms with Crippen molar-refractivity contribution in [3.05, 3.63) is 52.2 Å². The fraction of sp³-hybridized carbons (Fsp3) is 0.500. The summed E-state index contributed by atoms with van der Waals surface area (Å²) in [7, 11) is -3.23. The van der Waals surface area contributed by atoms with Crippen molar-refractivity contribution in [2.45, 2.75) is 25.2 Å². The fourth-order valence-electron chi connectivity index (χ4n) is 4.65. The first-order valence-electron chi connectivity index (χ1n) is 9.18. The molecule has 0 spiro atoms. The van der Waals surface area contributed by atoms with Crippen LogP contribution in [-0.4, -0.2) is 39.2 Å². The number of likely N-dealkylation sites (tertiary alicyclic amines) is 1. The summed E-state index contributed by atoms with van der Waals surface area (Å²) in [5.41, 5.74) is 3.58. The van der Waals surface area contributed by atoms with Crippen molar-refractivity contribution in [2.75, 3.05) is 30.6 Å². The zero-order valence-electron chi connectivity index (χ0n) is 15.3. The molecule has 2 atom stereocenters. The van der Waals surface area contributed by atoms with Crippen LogP contribution in [0.5, 0.6) is 0 Å². The van der Waals surface area contributed by atoms with Gasteiger partial charge in [0, 0.05) is 24.2 Å². The zero-order valence-corrected chi connectivity index (χ0v) is 16.9. The van der Waals surface area contributed by atoms with Gasteiger partial charge >= 0.3 is 0 Å². The highest BCUT2D eigenvalue weighted by atomic mass is 32.2. The van der Waals surface area contributed by atoms with Crippen LogP contribution in [0.25, 0.3) is 0 Å². The Labute approximate surface area is 160 Å². The highest BCUT2D eigenvalue weighted by Crippen LogP contribution is 2.63.